The highest BCUT2D eigenvalue weighted by molar-refractivity contribution is 5.91. The van der Waals surface area contributed by atoms with E-state index in [1.54, 1.807) is 6.21 Å². The molecule has 0 aliphatic carbocycles. The van der Waals surface area contributed by atoms with Crippen LogP contribution in [-0.4, -0.2) is 29.3 Å². The summed E-state index contributed by atoms with van der Waals surface area (Å²) < 4.78 is 5.95. The van der Waals surface area contributed by atoms with E-state index in [-0.39, 0.29) is 11.9 Å². The molecule has 1 heterocycles. The summed E-state index contributed by atoms with van der Waals surface area (Å²) in [5.41, 5.74) is 3.18. The van der Waals surface area contributed by atoms with E-state index in [1.807, 2.05) is 115 Å². The smallest absolute Gasteiger partial charge is 0.275 e. The van der Waals surface area contributed by atoms with Crippen LogP contribution in [0.4, 0.5) is 0 Å². The quantitative estimate of drug-likeness (QED) is 0.380. The second-order valence-electron chi connectivity index (χ2n) is 7.19. The van der Waals surface area contributed by atoms with Gasteiger partial charge in [0.2, 0.25) is 0 Å². The topological polar surface area (TPSA) is 41.9 Å². The summed E-state index contributed by atoms with van der Waals surface area (Å²) in [5, 5.41) is 5.84. The summed E-state index contributed by atoms with van der Waals surface area (Å²) in [6, 6.07) is 29.6. The molecule has 0 radical (unpaired) electrons. The number of β-lactam (4-membered cyclic amide) rings is 1. The van der Waals surface area contributed by atoms with Crippen molar-refractivity contribution in [1.29, 1.82) is 0 Å². The zero-order valence-corrected chi connectivity index (χ0v) is 17.1. The van der Waals surface area contributed by atoms with Gasteiger partial charge in [-0.2, -0.15) is 5.10 Å². The van der Waals surface area contributed by atoms with Crippen LogP contribution in [0.3, 0.4) is 0 Å². The number of allylic oxidation sites excluding steroid dienone is 1. The van der Waals surface area contributed by atoms with E-state index in [0.717, 1.165) is 16.7 Å². The Morgan fingerprint density at radius 1 is 0.806 bits per heavy atom. The molecule has 0 unspecified atom stereocenters. The lowest BCUT2D eigenvalue weighted by Crippen LogP contribution is -2.62. The molecule has 4 nitrogen and oxygen atoms in total. The van der Waals surface area contributed by atoms with Crippen LogP contribution in [-0.2, 0) is 16.1 Å². The maximum atomic E-state index is 12.7. The predicted octanol–water partition coefficient (Wildman–Crippen LogP) is 5.20. The minimum atomic E-state index is -0.546. The van der Waals surface area contributed by atoms with Crippen molar-refractivity contribution < 1.29 is 9.53 Å². The molecule has 1 amide bonds. The number of hydrogen-bond acceptors (Lipinski definition) is 3. The molecule has 2 atom stereocenters. The van der Waals surface area contributed by atoms with Crippen molar-refractivity contribution in [3.05, 3.63) is 120 Å². The van der Waals surface area contributed by atoms with Gasteiger partial charge >= 0.3 is 0 Å². The molecule has 1 fully saturated rings. The second kappa shape index (κ2) is 10.3. The van der Waals surface area contributed by atoms with Crippen LogP contribution in [0.5, 0.6) is 0 Å². The molecule has 1 saturated heterocycles. The Morgan fingerprint density at radius 3 is 2.03 bits per heavy atom. The Labute approximate surface area is 182 Å². The summed E-state index contributed by atoms with van der Waals surface area (Å²) in [4.78, 5) is 12.7. The number of rotatable bonds is 8. The standard InChI is InChI=1S/C27H24N2O2/c30-27-26(31-21-24-15-8-3-9-16-24)25(19-18-23-13-6-2-7-14-23)29(27)28-20-10-17-22-11-4-1-5-12-22/h1-20,25-26H,21H2/b17-10+,19-18+,28-20+/t25-,26+/m1/s1. The second-order valence-corrected chi connectivity index (χ2v) is 7.19. The van der Waals surface area contributed by atoms with Gasteiger partial charge in [0.1, 0.15) is 6.04 Å². The summed E-state index contributed by atoms with van der Waals surface area (Å²) in [6.45, 7) is 0.387. The predicted molar refractivity (Wildman–Crippen MR) is 125 cm³/mol. The first-order chi connectivity index (χ1) is 15.3. The third-order valence-electron chi connectivity index (χ3n) is 4.98. The zero-order valence-electron chi connectivity index (χ0n) is 17.1. The highest BCUT2D eigenvalue weighted by Gasteiger charge is 2.47. The van der Waals surface area contributed by atoms with Gasteiger partial charge in [0.05, 0.1) is 6.61 Å². The first kappa shape index (κ1) is 20.5. The van der Waals surface area contributed by atoms with Gasteiger partial charge in [0.25, 0.3) is 5.91 Å². The van der Waals surface area contributed by atoms with E-state index >= 15 is 0 Å². The van der Waals surface area contributed by atoms with Crippen molar-refractivity contribution in [2.45, 2.75) is 18.8 Å². The van der Waals surface area contributed by atoms with Crippen molar-refractivity contribution in [3.8, 4) is 0 Å². The molecule has 154 valence electrons. The number of benzene rings is 3. The van der Waals surface area contributed by atoms with E-state index in [0.29, 0.717) is 6.61 Å². The average molecular weight is 409 g/mol. The Bertz CT molecular complexity index is 1060. The minimum absolute atomic E-state index is 0.136. The number of amides is 1. The normalized spacial score (nSPS) is 18.8. The monoisotopic (exact) mass is 408 g/mol. The number of nitrogens with zero attached hydrogens (tertiary/aromatic N) is 2. The number of hydrazone groups is 1. The van der Waals surface area contributed by atoms with Gasteiger partial charge in [0, 0.05) is 6.21 Å². The Balaban J connectivity index is 1.45. The van der Waals surface area contributed by atoms with Gasteiger partial charge in [-0.15, -0.1) is 0 Å². The molecule has 3 aromatic rings. The Kier molecular flexibility index (Phi) is 6.83. The van der Waals surface area contributed by atoms with Gasteiger partial charge in [-0.05, 0) is 22.8 Å². The van der Waals surface area contributed by atoms with Crippen LogP contribution in [0, 0.1) is 0 Å². The van der Waals surface area contributed by atoms with Crippen molar-refractivity contribution in [2.75, 3.05) is 0 Å². The fourth-order valence-electron chi connectivity index (χ4n) is 3.32. The van der Waals surface area contributed by atoms with Crippen LogP contribution >= 0.6 is 0 Å². The third kappa shape index (κ3) is 5.44. The highest BCUT2D eigenvalue weighted by atomic mass is 16.5. The van der Waals surface area contributed by atoms with Crippen molar-refractivity contribution in [1.82, 2.24) is 5.01 Å². The van der Waals surface area contributed by atoms with Crippen LogP contribution in [0.1, 0.15) is 16.7 Å². The lowest BCUT2D eigenvalue weighted by molar-refractivity contribution is -0.170. The molecule has 4 heteroatoms. The van der Waals surface area contributed by atoms with E-state index in [4.69, 9.17) is 4.74 Å². The molecule has 0 aromatic heterocycles. The first-order valence-corrected chi connectivity index (χ1v) is 10.3. The summed E-state index contributed by atoms with van der Waals surface area (Å²) in [6.07, 6.45) is 8.85. The maximum absolute atomic E-state index is 12.7. The van der Waals surface area contributed by atoms with Gasteiger partial charge in [0.15, 0.2) is 6.10 Å². The van der Waals surface area contributed by atoms with Crippen LogP contribution in [0.15, 0.2) is 108 Å². The molecule has 0 bridgehead atoms. The van der Waals surface area contributed by atoms with Gasteiger partial charge in [-0.1, -0.05) is 109 Å². The number of ether oxygens (including phenoxy) is 1. The van der Waals surface area contributed by atoms with E-state index in [2.05, 4.69) is 5.10 Å². The van der Waals surface area contributed by atoms with Crippen molar-refractivity contribution in [2.24, 2.45) is 5.10 Å². The molecule has 31 heavy (non-hydrogen) atoms. The lowest BCUT2D eigenvalue weighted by Gasteiger charge is -2.41. The van der Waals surface area contributed by atoms with Crippen molar-refractivity contribution >= 4 is 24.3 Å². The summed E-state index contributed by atoms with van der Waals surface area (Å²) >= 11 is 0. The summed E-state index contributed by atoms with van der Waals surface area (Å²) in [7, 11) is 0. The lowest BCUT2D eigenvalue weighted by atomic mass is 9.99. The molecule has 4 rings (SSSR count). The molecule has 1 aliphatic heterocycles. The number of carbonyl (C=O) groups excluding carboxylic acids is 1. The molecule has 0 spiro atoms. The van der Waals surface area contributed by atoms with Crippen LogP contribution in [0.25, 0.3) is 12.2 Å². The largest absolute Gasteiger partial charge is 0.361 e. The first-order valence-electron chi connectivity index (χ1n) is 10.3. The third-order valence-corrected chi connectivity index (χ3v) is 4.98. The van der Waals surface area contributed by atoms with Gasteiger partial charge < -0.3 is 4.74 Å². The number of hydrogen-bond donors (Lipinski definition) is 0. The average Bonchev–Trinajstić information content (AvgIpc) is 2.83. The SMILES string of the molecule is O=C1[C@@H](OCc2ccccc2)[C@@H](/C=C/c2ccccc2)N1/N=C/C=C/c1ccccc1. The van der Waals surface area contributed by atoms with Crippen LogP contribution < -0.4 is 0 Å². The van der Waals surface area contributed by atoms with Gasteiger partial charge in [-0.3, -0.25) is 4.79 Å². The minimum Gasteiger partial charge on any atom is -0.361 e. The molecular formula is C27H24N2O2. The zero-order chi connectivity index (χ0) is 21.3. The molecule has 0 N–H and O–H groups in total. The van der Waals surface area contributed by atoms with Gasteiger partial charge in [-0.25, -0.2) is 5.01 Å². The fourth-order valence-corrected chi connectivity index (χ4v) is 3.32. The molecular weight excluding hydrogens is 384 g/mol. The summed E-state index contributed by atoms with van der Waals surface area (Å²) in [5.74, 6) is -0.136. The van der Waals surface area contributed by atoms with E-state index in [9.17, 15) is 4.79 Å². The Morgan fingerprint density at radius 2 is 1.39 bits per heavy atom. The molecule has 0 saturated carbocycles. The highest BCUT2D eigenvalue weighted by Crippen LogP contribution is 2.26. The van der Waals surface area contributed by atoms with E-state index < -0.39 is 6.10 Å². The van der Waals surface area contributed by atoms with Crippen molar-refractivity contribution in [3.63, 3.8) is 0 Å². The Hall–Kier alpha value is -3.76. The maximum Gasteiger partial charge on any atom is 0.275 e. The van der Waals surface area contributed by atoms with Crippen LogP contribution in [0.2, 0.25) is 0 Å². The molecule has 1 aliphatic rings. The van der Waals surface area contributed by atoms with E-state index in [1.165, 1.54) is 5.01 Å². The number of carbonyl (C=O) groups is 1. The molecule has 3 aromatic carbocycles. The fraction of sp³-hybridized carbons (Fsp3) is 0.111.